The Labute approximate surface area is 116 Å². The molecular weight excluding hydrogens is 238 g/mol. The highest BCUT2D eigenvalue weighted by Crippen LogP contribution is 2.28. The van der Waals surface area contributed by atoms with E-state index in [1.54, 1.807) is 0 Å². The quantitative estimate of drug-likeness (QED) is 0.764. The van der Waals surface area contributed by atoms with Gasteiger partial charge in [-0.2, -0.15) is 4.98 Å². The summed E-state index contributed by atoms with van der Waals surface area (Å²) in [4.78, 5) is 8.62. The molecule has 0 spiro atoms. The van der Waals surface area contributed by atoms with E-state index in [2.05, 4.69) is 15.3 Å². The van der Waals surface area contributed by atoms with E-state index >= 15 is 0 Å². The highest BCUT2D eigenvalue weighted by molar-refractivity contribution is 5.38. The van der Waals surface area contributed by atoms with Crippen molar-refractivity contribution in [3.63, 3.8) is 0 Å². The van der Waals surface area contributed by atoms with Crippen LogP contribution in [0, 0.1) is 12.8 Å². The molecule has 0 aromatic carbocycles. The minimum Gasteiger partial charge on any atom is -0.478 e. The molecule has 0 amide bonds. The van der Waals surface area contributed by atoms with Crippen molar-refractivity contribution >= 4 is 5.82 Å². The van der Waals surface area contributed by atoms with Crippen molar-refractivity contribution in [2.45, 2.75) is 52.4 Å². The van der Waals surface area contributed by atoms with Gasteiger partial charge in [-0.15, -0.1) is 0 Å². The SMILES string of the molecule is CCOc1cc(NCCCC2CCCC2)nc(C)n1. The average molecular weight is 263 g/mol. The fraction of sp³-hybridized carbons (Fsp3) is 0.733. The van der Waals surface area contributed by atoms with Gasteiger partial charge < -0.3 is 10.1 Å². The Morgan fingerprint density at radius 3 is 2.84 bits per heavy atom. The van der Waals surface area contributed by atoms with Crippen LogP contribution in [0.1, 0.15) is 51.3 Å². The lowest BCUT2D eigenvalue weighted by molar-refractivity contribution is 0.325. The first kappa shape index (κ1) is 14.1. The van der Waals surface area contributed by atoms with Crippen LogP contribution in [0.5, 0.6) is 5.88 Å². The maximum Gasteiger partial charge on any atom is 0.218 e. The molecule has 0 unspecified atom stereocenters. The molecule has 1 aliphatic carbocycles. The Balaban J connectivity index is 1.75. The van der Waals surface area contributed by atoms with Crippen molar-refractivity contribution in [2.75, 3.05) is 18.5 Å². The van der Waals surface area contributed by atoms with Crippen molar-refractivity contribution in [1.82, 2.24) is 9.97 Å². The fourth-order valence-corrected chi connectivity index (χ4v) is 2.76. The summed E-state index contributed by atoms with van der Waals surface area (Å²) < 4.78 is 5.42. The van der Waals surface area contributed by atoms with Crippen LogP contribution in [-0.4, -0.2) is 23.1 Å². The summed E-state index contributed by atoms with van der Waals surface area (Å²) >= 11 is 0. The molecule has 1 saturated carbocycles. The largest absolute Gasteiger partial charge is 0.478 e. The first-order valence-electron chi connectivity index (χ1n) is 7.50. The normalized spacial score (nSPS) is 15.7. The smallest absolute Gasteiger partial charge is 0.218 e. The molecule has 4 heteroatoms. The van der Waals surface area contributed by atoms with Gasteiger partial charge in [0.05, 0.1) is 6.61 Å². The molecule has 0 aliphatic heterocycles. The number of ether oxygens (including phenoxy) is 1. The van der Waals surface area contributed by atoms with Gasteiger partial charge in [0.15, 0.2) is 0 Å². The Kier molecular flexibility index (Phi) is 5.43. The average Bonchev–Trinajstić information content (AvgIpc) is 2.87. The van der Waals surface area contributed by atoms with Crippen molar-refractivity contribution in [1.29, 1.82) is 0 Å². The second-order valence-corrected chi connectivity index (χ2v) is 5.29. The standard InChI is InChI=1S/C15H25N3O/c1-3-19-15-11-14(17-12(2)18-15)16-10-6-9-13-7-4-5-8-13/h11,13H,3-10H2,1-2H3,(H,16,17,18). The van der Waals surface area contributed by atoms with E-state index in [1.807, 2.05) is 19.9 Å². The van der Waals surface area contributed by atoms with Gasteiger partial charge in [0, 0.05) is 12.6 Å². The minimum absolute atomic E-state index is 0.636. The van der Waals surface area contributed by atoms with Gasteiger partial charge in [-0.25, -0.2) is 4.98 Å². The summed E-state index contributed by atoms with van der Waals surface area (Å²) in [5.41, 5.74) is 0. The van der Waals surface area contributed by atoms with Crippen LogP contribution in [0.2, 0.25) is 0 Å². The van der Waals surface area contributed by atoms with Gasteiger partial charge in [0.1, 0.15) is 11.6 Å². The molecule has 1 aromatic rings. The summed E-state index contributed by atoms with van der Waals surface area (Å²) in [7, 11) is 0. The molecule has 106 valence electrons. The van der Waals surface area contributed by atoms with Crippen molar-refractivity contribution in [3.05, 3.63) is 11.9 Å². The molecule has 0 atom stereocenters. The molecule has 1 N–H and O–H groups in total. The third-order valence-electron chi connectivity index (χ3n) is 3.68. The van der Waals surface area contributed by atoms with Crippen LogP contribution in [0.15, 0.2) is 6.07 Å². The lowest BCUT2D eigenvalue weighted by atomic mass is 10.0. The Morgan fingerprint density at radius 1 is 1.32 bits per heavy atom. The van der Waals surface area contributed by atoms with Crippen LogP contribution >= 0.6 is 0 Å². The first-order valence-corrected chi connectivity index (χ1v) is 7.50. The van der Waals surface area contributed by atoms with Gasteiger partial charge >= 0.3 is 0 Å². The van der Waals surface area contributed by atoms with Gasteiger partial charge in [0.2, 0.25) is 5.88 Å². The molecule has 0 saturated heterocycles. The number of hydrogen-bond acceptors (Lipinski definition) is 4. The number of aryl methyl sites for hydroxylation is 1. The highest BCUT2D eigenvalue weighted by atomic mass is 16.5. The Bertz CT molecular complexity index is 389. The summed E-state index contributed by atoms with van der Waals surface area (Å²) in [6, 6.07) is 1.88. The van der Waals surface area contributed by atoms with Gasteiger partial charge in [-0.05, 0) is 32.6 Å². The molecule has 2 rings (SSSR count). The van der Waals surface area contributed by atoms with Crippen molar-refractivity contribution in [2.24, 2.45) is 5.92 Å². The van der Waals surface area contributed by atoms with E-state index in [-0.39, 0.29) is 0 Å². The molecule has 1 heterocycles. The summed E-state index contributed by atoms with van der Waals surface area (Å²) in [6.45, 7) is 5.48. The molecular formula is C15H25N3O. The topological polar surface area (TPSA) is 47.0 Å². The third-order valence-corrected chi connectivity index (χ3v) is 3.68. The molecule has 1 aromatic heterocycles. The number of anilines is 1. The zero-order valence-electron chi connectivity index (χ0n) is 12.1. The number of nitrogens with one attached hydrogen (secondary N) is 1. The van der Waals surface area contributed by atoms with Crippen molar-refractivity contribution in [3.8, 4) is 5.88 Å². The molecule has 0 radical (unpaired) electrons. The molecule has 1 aliphatic rings. The molecule has 1 fully saturated rings. The van der Waals surface area contributed by atoms with Crippen molar-refractivity contribution < 1.29 is 4.74 Å². The van der Waals surface area contributed by atoms with Gasteiger partial charge in [0.25, 0.3) is 0 Å². The molecule has 4 nitrogen and oxygen atoms in total. The van der Waals surface area contributed by atoms with E-state index in [0.29, 0.717) is 12.5 Å². The number of rotatable bonds is 7. The van der Waals surface area contributed by atoms with E-state index in [0.717, 1.165) is 24.1 Å². The first-order chi connectivity index (χ1) is 9.28. The predicted molar refractivity (Wildman–Crippen MR) is 77.6 cm³/mol. The maximum atomic E-state index is 5.42. The fourth-order valence-electron chi connectivity index (χ4n) is 2.76. The number of nitrogens with zero attached hydrogens (tertiary/aromatic N) is 2. The zero-order chi connectivity index (χ0) is 13.5. The zero-order valence-corrected chi connectivity index (χ0v) is 12.1. The second kappa shape index (κ2) is 7.31. The van der Waals surface area contributed by atoms with E-state index in [1.165, 1.54) is 38.5 Å². The molecule has 0 bridgehead atoms. The highest BCUT2D eigenvalue weighted by Gasteiger charge is 2.13. The predicted octanol–water partition coefficient (Wildman–Crippen LogP) is 3.57. The lowest BCUT2D eigenvalue weighted by Crippen LogP contribution is -2.07. The van der Waals surface area contributed by atoms with Crippen LogP contribution in [0.3, 0.4) is 0 Å². The van der Waals surface area contributed by atoms with Gasteiger partial charge in [-0.1, -0.05) is 25.7 Å². The minimum atomic E-state index is 0.636. The van der Waals surface area contributed by atoms with E-state index in [9.17, 15) is 0 Å². The summed E-state index contributed by atoms with van der Waals surface area (Å²) in [6.07, 6.45) is 8.29. The third kappa shape index (κ3) is 4.69. The van der Waals surface area contributed by atoms with E-state index in [4.69, 9.17) is 4.74 Å². The van der Waals surface area contributed by atoms with Crippen LogP contribution in [0.4, 0.5) is 5.82 Å². The van der Waals surface area contributed by atoms with Crippen LogP contribution in [-0.2, 0) is 0 Å². The summed E-state index contributed by atoms with van der Waals surface area (Å²) in [5.74, 6) is 3.26. The Morgan fingerprint density at radius 2 is 2.11 bits per heavy atom. The monoisotopic (exact) mass is 263 g/mol. The second-order valence-electron chi connectivity index (χ2n) is 5.29. The van der Waals surface area contributed by atoms with E-state index < -0.39 is 0 Å². The number of hydrogen-bond donors (Lipinski definition) is 1. The Hall–Kier alpha value is -1.32. The maximum absolute atomic E-state index is 5.42. The summed E-state index contributed by atoms with van der Waals surface area (Å²) in [5, 5.41) is 3.38. The number of aromatic nitrogens is 2. The van der Waals surface area contributed by atoms with Gasteiger partial charge in [-0.3, -0.25) is 0 Å². The molecule has 19 heavy (non-hydrogen) atoms. The lowest BCUT2D eigenvalue weighted by Gasteiger charge is -2.11. The van der Waals surface area contributed by atoms with Crippen LogP contribution < -0.4 is 10.1 Å². The van der Waals surface area contributed by atoms with Crippen LogP contribution in [0.25, 0.3) is 0 Å².